The van der Waals surface area contributed by atoms with Gasteiger partial charge in [0.1, 0.15) is 12.4 Å². The molecule has 0 N–H and O–H groups in total. The molecule has 0 aliphatic carbocycles. The number of hydrogen-bond acceptors (Lipinski definition) is 10. The summed E-state index contributed by atoms with van der Waals surface area (Å²) in [6.07, 6.45) is -3.58. The standard InChI is InChI=1S/C13H14N4O7/c1-6(18)21-10-11(22-7(2)19)13(23-8(3)20)24-12(10)17-5-15-9(4-14)16-17/h5,10-13H,1-3H3/t10-,11+,12-,13?/m1/s1. The van der Waals surface area contributed by atoms with Crippen LogP contribution < -0.4 is 0 Å². The van der Waals surface area contributed by atoms with E-state index < -0.39 is 42.6 Å². The summed E-state index contributed by atoms with van der Waals surface area (Å²) in [4.78, 5) is 37.6. The molecule has 2 rings (SSSR count). The Kier molecular flexibility index (Phi) is 5.10. The summed E-state index contributed by atoms with van der Waals surface area (Å²) >= 11 is 0. The van der Waals surface area contributed by atoms with Crippen LogP contribution in [0.2, 0.25) is 0 Å². The molecule has 1 saturated heterocycles. The first-order chi connectivity index (χ1) is 11.3. The Bertz CT molecular complexity index is 695. The Morgan fingerprint density at radius 2 is 1.71 bits per heavy atom. The van der Waals surface area contributed by atoms with Crippen LogP contribution in [-0.4, -0.2) is 51.2 Å². The van der Waals surface area contributed by atoms with Crippen LogP contribution in [-0.2, 0) is 33.3 Å². The number of aromatic nitrogens is 3. The maximum atomic E-state index is 11.4. The molecule has 11 heteroatoms. The molecule has 128 valence electrons. The van der Waals surface area contributed by atoms with Crippen molar-refractivity contribution >= 4 is 17.9 Å². The zero-order valence-electron chi connectivity index (χ0n) is 13.0. The molecule has 4 atom stereocenters. The zero-order chi connectivity index (χ0) is 17.9. The number of carbonyl (C=O) groups excluding carboxylic acids is 3. The number of nitriles is 1. The van der Waals surface area contributed by atoms with Crippen LogP contribution in [0.1, 0.15) is 32.8 Å². The summed E-state index contributed by atoms with van der Waals surface area (Å²) in [5.74, 6) is -2.18. The van der Waals surface area contributed by atoms with Gasteiger partial charge >= 0.3 is 17.9 Å². The molecule has 0 bridgehead atoms. The number of nitrogens with zero attached hydrogens (tertiary/aromatic N) is 4. The third-order valence-electron chi connectivity index (χ3n) is 2.90. The number of hydrogen-bond donors (Lipinski definition) is 0. The summed E-state index contributed by atoms with van der Waals surface area (Å²) in [6.45, 7) is 3.45. The van der Waals surface area contributed by atoms with E-state index >= 15 is 0 Å². The van der Waals surface area contributed by atoms with Crippen molar-refractivity contribution < 1.29 is 33.3 Å². The first kappa shape index (κ1) is 17.4. The molecule has 1 aliphatic heterocycles. The Morgan fingerprint density at radius 3 is 2.21 bits per heavy atom. The Hall–Kier alpha value is -3.00. The van der Waals surface area contributed by atoms with E-state index in [2.05, 4.69) is 10.1 Å². The number of rotatable bonds is 4. The minimum absolute atomic E-state index is 0.139. The molecule has 0 amide bonds. The third kappa shape index (κ3) is 3.85. The monoisotopic (exact) mass is 338 g/mol. The Morgan fingerprint density at radius 1 is 1.12 bits per heavy atom. The molecule has 1 aliphatic rings. The molecule has 0 saturated carbocycles. The van der Waals surface area contributed by atoms with Crippen LogP contribution in [0.5, 0.6) is 0 Å². The molecule has 1 aromatic rings. The topological polar surface area (TPSA) is 143 Å². The average molecular weight is 338 g/mol. The highest BCUT2D eigenvalue weighted by Gasteiger charge is 2.52. The van der Waals surface area contributed by atoms with Gasteiger partial charge in [0, 0.05) is 20.8 Å². The molecular weight excluding hydrogens is 324 g/mol. The fourth-order valence-electron chi connectivity index (χ4n) is 2.16. The Labute approximate surface area is 136 Å². The fraction of sp³-hybridized carbons (Fsp3) is 0.538. The molecule has 1 fully saturated rings. The average Bonchev–Trinajstić information content (AvgIpc) is 3.05. The maximum absolute atomic E-state index is 11.4. The molecule has 0 aromatic carbocycles. The molecule has 0 spiro atoms. The molecule has 0 radical (unpaired) electrons. The summed E-state index contributed by atoms with van der Waals surface area (Å²) in [5, 5.41) is 12.6. The van der Waals surface area contributed by atoms with Crippen molar-refractivity contribution in [1.29, 1.82) is 5.26 Å². The van der Waals surface area contributed by atoms with Crippen molar-refractivity contribution in [3.63, 3.8) is 0 Å². The SMILES string of the molecule is CC(=O)OC1O[C@@H](n2cnc(C#N)n2)[C@H](OC(C)=O)[C@@H]1OC(C)=O. The molecule has 1 unspecified atom stereocenters. The number of ether oxygens (including phenoxy) is 4. The van der Waals surface area contributed by atoms with Gasteiger partial charge in [-0.2, -0.15) is 5.26 Å². The van der Waals surface area contributed by atoms with Gasteiger partial charge in [-0.1, -0.05) is 0 Å². The van der Waals surface area contributed by atoms with Crippen molar-refractivity contribution in [3.05, 3.63) is 12.2 Å². The van der Waals surface area contributed by atoms with E-state index in [1.807, 2.05) is 0 Å². The summed E-state index contributed by atoms with van der Waals surface area (Å²) in [7, 11) is 0. The zero-order valence-corrected chi connectivity index (χ0v) is 13.0. The summed E-state index contributed by atoms with van der Waals surface area (Å²) < 4.78 is 21.8. The lowest BCUT2D eigenvalue weighted by Gasteiger charge is -2.22. The van der Waals surface area contributed by atoms with Crippen LogP contribution in [0.4, 0.5) is 0 Å². The van der Waals surface area contributed by atoms with Crippen molar-refractivity contribution in [2.24, 2.45) is 0 Å². The van der Waals surface area contributed by atoms with E-state index in [9.17, 15) is 14.4 Å². The van der Waals surface area contributed by atoms with Crippen LogP contribution >= 0.6 is 0 Å². The molecule has 1 aromatic heterocycles. The van der Waals surface area contributed by atoms with Crippen molar-refractivity contribution in [2.75, 3.05) is 0 Å². The molecule has 2 heterocycles. The third-order valence-corrected chi connectivity index (χ3v) is 2.90. The second-order valence-corrected chi connectivity index (χ2v) is 4.81. The van der Waals surface area contributed by atoms with Gasteiger partial charge in [-0.15, -0.1) is 5.10 Å². The van der Waals surface area contributed by atoms with Crippen LogP contribution in [0.15, 0.2) is 6.33 Å². The smallest absolute Gasteiger partial charge is 0.305 e. The predicted octanol–water partition coefficient (Wildman–Crippen LogP) is -0.569. The van der Waals surface area contributed by atoms with Gasteiger partial charge in [-0.25, -0.2) is 9.67 Å². The lowest BCUT2D eigenvalue weighted by molar-refractivity contribution is -0.199. The minimum atomic E-state index is -1.31. The van der Waals surface area contributed by atoms with Crippen molar-refractivity contribution in [1.82, 2.24) is 14.8 Å². The van der Waals surface area contributed by atoms with Crippen LogP contribution in [0, 0.1) is 11.3 Å². The lowest BCUT2D eigenvalue weighted by Crippen LogP contribution is -2.40. The highest BCUT2D eigenvalue weighted by molar-refractivity contribution is 5.68. The summed E-state index contributed by atoms with van der Waals surface area (Å²) in [5.41, 5.74) is 0. The maximum Gasteiger partial charge on any atom is 0.305 e. The lowest BCUT2D eigenvalue weighted by atomic mass is 10.2. The molecule has 24 heavy (non-hydrogen) atoms. The van der Waals surface area contributed by atoms with Crippen molar-refractivity contribution in [2.45, 2.75) is 45.5 Å². The number of carbonyl (C=O) groups is 3. The highest BCUT2D eigenvalue weighted by atomic mass is 16.8. The second kappa shape index (κ2) is 7.05. The Balaban J connectivity index is 2.36. The van der Waals surface area contributed by atoms with E-state index in [0.717, 1.165) is 25.5 Å². The van der Waals surface area contributed by atoms with Gasteiger partial charge in [0.2, 0.25) is 12.4 Å². The first-order valence-corrected chi connectivity index (χ1v) is 6.80. The van der Waals surface area contributed by atoms with Gasteiger partial charge < -0.3 is 18.9 Å². The fourth-order valence-corrected chi connectivity index (χ4v) is 2.16. The number of esters is 3. The van der Waals surface area contributed by atoms with E-state index in [4.69, 9.17) is 24.2 Å². The first-order valence-electron chi connectivity index (χ1n) is 6.80. The van der Waals surface area contributed by atoms with Crippen molar-refractivity contribution in [3.8, 4) is 6.07 Å². The van der Waals surface area contributed by atoms with Gasteiger partial charge in [0.05, 0.1) is 0 Å². The molecule has 11 nitrogen and oxygen atoms in total. The largest absolute Gasteiger partial charge is 0.453 e. The minimum Gasteiger partial charge on any atom is -0.453 e. The van der Waals surface area contributed by atoms with Crippen LogP contribution in [0.3, 0.4) is 0 Å². The normalized spacial score (nSPS) is 25.6. The van der Waals surface area contributed by atoms with Gasteiger partial charge in [0.25, 0.3) is 5.82 Å². The van der Waals surface area contributed by atoms with Gasteiger partial charge in [-0.05, 0) is 0 Å². The quantitative estimate of drug-likeness (QED) is 0.517. The van der Waals surface area contributed by atoms with E-state index in [-0.39, 0.29) is 5.82 Å². The van der Waals surface area contributed by atoms with E-state index in [1.54, 1.807) is 6.07 Å². The van der Waals surface area contributed by atoms with E-state index in [0.29, 0.717) is 0 Å². The summed E-state index contributed by atoms with van der Waals surface area (Å²) in [6, 6.07) is 1.74. The van der Waals surface area contributed by atoms with E-state index in [1.165, 1.54) is 6.33 Å². The highest BCUT2D eigenvalue weighted by Crippen LogP contribution is 2.34. The predicted molar refractivity (Wildman–Crippen MR) is 71.5 cm³/mol. The van der Waals surface area contributed by atoms with Gasteiger partial charge in [0.15, 0.2) is 12.3 Å². The van der Waals surface area contributed by atoms with Gasteiger partial charge in [-0.3, -0.25) is 14.4 Å². The van der Waals surface area contributed by atoms with Crippen LogP contribution in [0.25, 0.3) is 0 Å². The second-order valence-electron chi connectivity index (χ2n) is 4.81. The molecular formula is C13H14N4O7.